The smallest absolute Gasteiger partial charge is 0.307 e. The van der Waals surface area contributed by atoms with Gasteiger partial charge in [0.25, 0.3) is 0 Å². The van der Waals surface area contributed by atoms with Crippen molar-refractivity contribution >= 4 is 27.5 Å². The van der Waals surface area contributed by atoms with E-state index in [0.29, 0.717) is 24.8 Å². The fourth-order valence-electron chi connectivity index (χ4n) is 7.02. The molecule has 9 nitrogen and oxygen atoms in total. The maximum Gasteiger partial charge on any atom is 0.307 e. The molecular formula is C22H29BrN6O3. The predicted molar refractivity (Wildman–Crippen MR) is 121 cm³/mol. The highest BCUT2D eigenvalue weighted by atomic mass is 79.9. The van der Waals surface area contributed by atoms with Crippen LogP contribution in [0.1, 0.15) is 57.1 Å². The highest BCUT2D eigenvalue weighted by Gasteiger charge is 2.59. The van der Waals surface area contributed by atoms with E-state index in [-0.39, 0.29) is 27.5 Å². The SMILES string of the molecule is Cc1nn(CCCNC(=O)CC23CC4CC(C2)CC(n2cc([N+](=O)[O-])cn2)(C4)C3)cc1Br. The summed E-state index contributed by atoms with van der Waals surface area (Å²) in [5.41, 5.74) is 0.822. The third-order valence-corrected chi connectivity index (χ3v) is 8.50. The quantitative estimate of drug-likeness (QED) is 0.332. The van der Waals surface area contributed by atoms with Crippen LogP contribution in [-0.4, -0.2) is 36.9 Å². The maximum atomic E-state index is 12.9. The second-order valence-corrected chi connectivity index (χ2v) is 11.1. The van der Waals surface area contributed by atoms with Crippen molar-refractivity contribution in [2.75, 3.05) is 6.54 Å². The third-order valence-electron chi connectivity index (χ3n) is 7.73. The van der Waals surface area contributed by atoms with E-state index in [1.54, 1.807) is 6.20 Å². The number of hydrogen-bond acceptors (Lipinski definition) is 5. The van der Waals surface area contributed by atoms with E-state index in [2.05, 4.69) is 31.4 Å². The lowest BCUT2D eigenvalue weighted by molar-refractivity contribution is -0.385. The normalized spacial score (nSPS) is 30.6. The molecule has 4 aliphatic carbocycles. The van der Waals surface area contributed by atoms with Crippen LogP contribution in [0.4, 0.5) is 5.69 Å². The Morgan fingerprint density at radius 3 is 2.69 bits per heavy atom. The maximum absolute atomic E-state index is 12.9. The van der Waals surface area contributed by atoms with Crippen LogP contribution < -0.4 is 5.32 Å². The van der Waals surface area contributed by atoms with Gasteiger partial charge in [-0.3, -0.25) is 24.3 Å². The van der Waals surface area contributed by atoms with Crippen LogP contribution >= 0.6 is 15.9 Å². The summed E-state index contributed by atoms with van der Waals surface area (Å²) in [5.74, 6) is 1.27. The van der Waals surface area contributed by atoms with Gasteiger partial charge in [-0.25, -0.2) is 0 Å². The van der Waals surface area contributed by atoms with Crippen LogP contribution in [0.25, 0.3) is 0 Å². The van der Waals surface area contributed by atoms with Gasteiger partial charge >= 0.3 is 5.69 Å². The van der Waals surface area contributed by atoms with E-state index in [1.165, 1.54) is 12.6 Å². The Labute approximate surface area is 195 Å². The number of nitrogens with one attached hydrogen (secondary N) is 1. The summed E-state index contributed by atoms with van der Waals surface area (Å²) in [7, 11) is 0. The second-order valence-electron chi connectivity index (χ2n) is 10.3. The second kappa shape index (κ2) is 7.97. The largest absolute Gasteiger partial charge is 0.356 e. The highest BCUT2D eigenvalue weighted by Crippen LogP contribution is 2.65. The molecular weight excluding hydrogens is 476 g/mol. The van der Waals surface area contributed by atoms with Gasteiger partial charge in [-0.1, -0.05) is 0 Å². The molecule has 0 aromatic carbocycles. The highest BCUT2D eigenvalue weighted by molar-refractivity contribution is 9.10. The molecule has 4 saturated carbocycles. The first kappa shape index (κ1) is 21.6. The molecule has 4 fully saturated rings. The van der Waals surface area contributed by atoms with E-state index in [1.807, 2.05) is 22.5 Å². The molecule has 2 aromatic rings. The summed E-state index contributed by atoms with van der Waals surface area (Å²) in [4.78, 5) is 23.7. The minimum atomic E-state index is -0.378. The number of carbonyl (C=O) groups excluding carboxylic acids is 1. The molecule has 0 spiro atoms. The first-order valence-corrected chi connectivity index (χ1v) is 12.2. The number of nitrogens with zero attached hydrogens (tertiary/aromatic N) is 5. The number of carbonyl (C=O) groups is 1. The third kappa shape index (κ3) is 3.97. The standard InChI is InChI=1S/C22H29BrN6O3/c1-15-19(23)13-27(26-15)4-2-3-24-20(30)10-21-6-16-5-17(7-21)9-22(8-16,14-21)28-12-18(11-25-28)29(31)32/h11-13,16-17H,2-10,14H2,1H3,(H,24,30). The minimum Gasteiger partial charge on any atom is -0.356 e. The molecule has 2 atom stereocenters. The summed E-state index contributed by atoms with van der Waals surface area (Å²) in [5, 5.41) is 23.1. The zero-order valence-corrected chi connectivity index (χ0v) is 19.9. The average molecular weight is 505 g/mol. The summed E-state index contributed by atoms with van der Waals surface area (Å²) < 4.78 is 4.76. The Balaban J connectivity index is 1.21. The zero-order valence-electron chi connectivity index (χ0n) is 18.3. The summed E-state index contributed by atoms with van der Waals surface area (Å²) in [6.45, 7) is 3.36. The molecule has 2 aromatic heterocycles. The Bertz CT molecular complexity index is 1010. The van der Waals surface area contributed by atoms with Crippen molar-refractivity contribution in [1.29, 1.82) is 0 Å². The predicted octanol–water partition coefficient (Wildman–Crippen LogP) is 3.95. The molecule has 1 N–H and O–H groups in total. The van der Waals surface area contributed by atoms with Crippen molar-refractivity contribution in [3.8, 4) is 0 Å². The first-order valence-electron chi connectivity index (χ1n) is 11.4. The number of halogens is 1. The van der Waals surface area contributed by atoms with Gasteiger partial charge in [-0.15, -0.1) is 0 Å². The number of hydrogen-bond donors (Lipinski definition) is 1. The molecule has 6 rings (SSSR count). The van der Waals surface area contributed by atoms with Crippen LogP contribution in [0.3, 0.4) is 0 Å². The van der Waals surface area contributed by atoms with Gasteiger partial charge in [0.15, 0.2) is 0 Å². The molecule has 4 aliphatic rings. The fourth-order valence-corrected chi connectivity index (χ4v) is 7.34. The van der Waals surface area contributed by atoms with E-state index in [9.17, 15) is 14.9 Å². The van der Waals surface area contributed by atoms with Crippen LogP contribution in [0.5, 0.6) is 0 Å². The lowest BCUT2D eigenvalue weighted by Crippen LogP contribution is -2.57. The summed E-state index contributed by atoms with van der Waals surface area (Å²) in [6, 6.07) is 0. The molecule has 0 saturated heterocycles. The van der Waals surface area contributed by atoms with Gasteiger partial charge in [0.05, 0.1) is 20.6 Å². The molecule has 32 heavy (non-hydrogen) atoms. The molecule has 2 heterocycles. The number of nitro groups is 1. The Kier molecular flexibility index (Phi) is 5.38. The van der Waals surface area contributed by atoms with Gasteiger partial charge < -0.3 is 5.32 Å². The Morgan fingerprint density at radius 2 is 2.06 bits per heavy atom. The van der Waals surface area contributed by atoms with Crippen molar-refractivity contribution in [2.45, 2.75) is 70.4 Å². The van der Waals surface area contributed by atoms with Gasteiger partial charge in [0.2, 0.25) is 5.91 Å². The minimum absolute atomic E-state index is 0.0150. The van der Waals surface area contributed by atoms with Crippen LogP contribution in [0.15, 0.2) is 23.1 Å². The number of aryl methyl sites for hydroxylation is 2. The van der Waals surface area contributed by atoms with E-state index in [4.69, 9.17) is 0 Å². The van der Waals surface area contributed by atoms with Crippen molar-refractivity contribution in [2.24, 2.45) is 17.3 Å². The molecule has 0 radical (unpaired) electrons. The monoisotopic (exact) mass is 504 g/mol. The van der Waals surface area contributed by atoms with E-state index in [0.717, 1.165) is 55.2 Å². The topological polar surface area (TPSA) is 108 Å². The summed E-state index contributed by atoms with van der Waals surface area (Å²) in [6.07, 6.45) is 12.6. The molecule has 10 heteroatoms. The lowest BCUT2D eigenvalue weighted by atomic mass is 9.46. The zero-order chi connectivity index (χ0) is 22.5. The first-order chi connectivity index (χ1) is 15.3. The molecule has 2 unspecified atom stereocenters. The van der Waals surface area contributed by atoms with Gasteiger partial charge in [0.1, 0.15) is 12.4 Å². The molecule has 1 amide bonds. The van der Waals surface area contributed by atoms with Gasteiger partial charge in [0, 0.05) is 25.7 Å². The van der Waals surface area contributed by atoms with E-state index < -0.39 is 0 Å². The Morgan fingerprint density at radius 1 is 1.31 bits per heavy atom. The van der Waals surface area contributed by atoms with Crippen LogP contribution in [-0.2, 0) is 16.9 Å². The number of amides is 1. The molecule has 172 valence electrons. The average Bonchev–Trinajstić information content (AvgIpc) is 3.32. The van der Waals surface area contributed by atoms with Gasteiger partial charge in [-0.2, -0.15) is 10.2 Å². The van der Waals surface area contributed by atoms with Gasteiger partial charge in [-0.05, 0) is 85.1 Å². The Hall–Kier alpha value is -2.23. The molecule has 4 bridgehead atoms. The number of rotatable bonds is 8. The van der Waals surface area contributed by atoms with Crippen molar-refractivity contribution in [3.63, 3.8) is 0 Å². The van der Waals surface area contributed by atoms with E-state index >= 15 is 0 Å². The van der Waals surface area contributed by atoms with Crippen LogP contribution in [0, 0.1) is 34.3 Å². The fraction of sp³-hybridized carbons (Fsp3) is 0.682. The van der Waals surface area contributed by atoms with Crippen molar-refractivity contribution in [1.82, 2.24) is 24.9 Å². The van der Waals surface area contributed by atoms with Crippen molar-refractivity contribution < 1.29 is 9.72 Å². The lowest BCUT2D eigenvalue weighted by Gasteiger charge is -2.61. The number of aromatic nitrogens is 4. The van der Waals surface area contributed by atoms with Crippen molar-refractivity contribution in [3.05, 3.63) is 38.9 Å². The molecule has 0 aliphatic heterocycles. The summed E-state index contributed by atoms with van der Waals surface area (Å²) >= 11 is 3.47. The van der Waals surface area contributed by atoms with Crippen LogP contribution in [0.2, 0.25) is 0 Å².